The summed E-state index contributed by atoms with van der Waals surface area (Å²) in [4.78, 5) is 10.8. The van der Waals surface area contributed by atoms with E-state index in [9.17, 15) is 4.79 Å². The number of rotatable bonds is 5. The summed E-state index contributed by atoms with van der Waals surface area (Å²) in [5.74, 6) is -1.01. The number of carboxylic acid groups (broad SMARTS) is 1. The number of carboxylic acids is 1. The fourth-order valence-corrected chi connectivity index (χ4v) is 1.82. The minimum atomic E-state index is -1.01. The molecule has 0 aliphatic carbocycles. The number of anilines is 2. The van der Waals surface area contributed by atoms with Crippen LogP contribution in [0, 0.1) is 0 Å². The molecule has 4 N–H and O–H groups in total. The summed E-state index contributed by atoms with van der Waals surface area (Å²) in [6, 6.07) is 4.85. The fraction of sp³-hybridized carbons (Fsp3) is 0.231. The van der Waals surface area contributed by atoms with Crippen molar-refractivity contribution in [1.82, 2.24) is 9.78 Å². The molecule has 0 bridgehead atoms. The van der Waals surface area contributed by atoms with Gasteiger partial charge in [-0.3, -0.25) is 4.68 Å². The molecule has 6 nitrogen and oxygen atoms in total. The van der Waals surface area contributed by atoms with Gasteiger partial charge in [0.25, 0.3) is 0 Å². The van der Waals surface area contributed by atoms with Crippen LogP contribution in [-0.4, -0.2) is 27.4 Å². The lowest BCUT2D eigenvalue weighted by Crippen LogP contribution is -2.07. The highest BCUT2D eigenvalue weighted by atomic mass is 16.4. The van der Waals surface area contributed by atoms with Gasteiger partial charge in [0.15, 0.2) is 0 Å². The quantitative estimate of drug-likeness (QED) is 0.706. The van der Waals surface area contributed by atoms with Crippen molar-refractivity contribution in [1.29, 1.82) is 0 Å². The summed E-state index contributed by atoms with van der Waals surface area (Å²) in [6.45, 7) is 0.734. The van der Waals surface area contributed by atoms with Gasteiger partial charge >= 0.3 is 5.97 Å². The highest BCUT2D eigenvalue weighted by Gasteiger charge is 2.07. The molecule has 0 spiro atoms. The van der Waals surface area contributed by atoms with E-state index in [-0.39, 0.29) is 11.3 Å². The Hall–Kier alpha value is -2.50. The molecular weight excluding hydrogens is 244 g/mol. The maximum atomic E-state index is 10.8. The lowest BCUT2D eigenvalue weighted by molar-refractivity contribution is 0.0698. The largest absolute Gasteiger partial charge is 0.478 e. The number of nitrogens with one attached hydrogen (secondary N) is 1. The normalized spacial score (nSPS) is 10.4. The zero-order valence-electron chi connectivity index (χ0n) is 10.6. The third-order valence-corrected chi connectivity index (χ3v) is 2.78. The number of nitrogen functional groups attached to an aromatic ring is 1. The molecule has 0 radical (unpaired) electrons. The molecule has 19 heavy (non-hydrogen) atoms. The maximum absolute atomic E-state index is 10.8. The first-order valence-electron chi connectivity index (χ1n) is 5.90. The highest BCUT2D eigenvalue weighted by molar-refractivity contribution is 5.94. The van der Waals surface area contributed by atoms with E-state index in [1.165, 1.54) is 6.07 Å². The van der Waals surface area contributed by atoms with Crippen LogP contribution in [0.5, 0.6) is 0 Å². The van der Waals surface area contributed by atoms with Crippen LogP contribution in [0.4, 0.5) is 11.4 Å². The molecule has 2 rings (SSSR count). The third kappa shape index (κ3) is 3.25. The van der Waals surface area contributed by atoms with Crippen molar-refractivity contribution in [3.05, 3.63) is 41.7 Å². The lowest BCUT2D eigenvalue weighted by Gasteiger charge is -2.08. The van der Waals surface area contributed by atoms with Gasteiger partial charge in [-0.25, -0.2) is 4.79 Å². The second-order valence-corrected chi connectivity index (χ2v) is 4.31. The number of benzene rings is 1. The molecule has 0 atom stereocenters. The van der Waals surface area contributed by atoms with Gasteiger partial charge in [0.1, 0.15) is 0 Å². The summed E-state index contributed by atoms with van der Waals surface area (Å²) in [6.07, 6.45) is 4.63. The van der Waals surface area contributed by atoms with Crippen LogP contribution < -0.4 is 11.1 Å². The van der Waals surface area contributed by atoms with E-state index < -0.39 is 5.97 Å². The van der Waals surface area contributed by atoms with Gasteiger partial charge in [0, 0.05) is 31.2 Å². The van der Waals surface area contributed by atoms with Crippen LogP contribution in [0.1, 0.15) is 15.9 Å². The Bertz CT molecular complexity index is 592. The molecule has 6 heteroatoms. The minimum Gasteiger partial charge on any atom is -0.478 e. The molecule has 1 aromatic heterocycles. The summed E-state index contributed by atoms with van der Waals surface area (Å²) < 4.78 is 1.76. The van der Waals surface area contributed by atoms with Crippen LogP contribution in [0.15, 0.2) is 30.6 Å². The van der Waals surface area contributed by atoms with Gasteiger partial charge in [0.05, 0.1) is 11.8 Å². The van der Waals surface area contributed by atoms with E-state index in [4.69, 9.17) is 10.8 Å². The molecular formula is C13H16N4O2. The van der Waals surface area contributed by atoms with E-state index in [2.05, 4.69) is 10.4 Å². The molecule has 1 aromatic carbocycles. The number of nitrogens with two attached hydrogens (primary N) is 1. The average molecular weight is 260 g/mol. The molecule has 0 saturated heterocycles. The van der Waals surface area contributed by atoms with Gasteiger partial charge < -0.3 is 16.2 Å². The molecule has 0 fully saturated rings. The molecule has 0 unspecified atom stereocenters. The zero-order valence-corrected chi connectivity index (χ0v) is 10.6. The third-order valence-electron chi connectivity index (χ3n) is 2.78. The Morgan fingerprint density at radius 2 is 2.32 bits per heavy atom. The van der Waals surface area contributed by atoms with E-state index in [1.54, 1.807) is 16.8 Å². The van der Waals surface area contributed by atoms with Gasteiger partial charge in [-0.1, -0.05) is 0 Å². The summed E-state index contributed by atoms with van der Waals surface area (Å²) in [5, 5.41) is 16.2. The van der Waals surface area contributed by atoms with E-state index >= 15 is 0 Å². The van der Waals surface area contributed by atoms with Crippen molar-refractivity contribution >= 4 is 17.3 Å². The Morgan fingerprint density at radius 1 is 1.53 bits per heavy atom. The van der Waals surface area contributed by atoms with Crippen LogP contribution >= 0.6 is 0 Å². The first kappa shape index (κ1) is 12.9. The number of hydrogen-bond acceptors (Lipinski definition) is 4. The van der Waals surface area contributed by atoms with Gasteiger partial charge in [0.2, 0.25) is 0 Å². The number of aryl methyl sites for hydroxylation is 1. The smallest absolute Gasteiger partial charge is 0.337 e. The predicted molar refractivity (Wildman–Crippen MR) is 73.2 cm³/mol. The van der Waals surface area contributed by atoms with Crippen LogP contribution in [0.2, 0.25) is 0 Å². The van der Waals surface area contributed by atoms with E-state index in [0.29, 0.717) is 0 Å². The van der Waals surface area contributed by atoms with Crippen molar-refractivity contribution < 1.29 is 9.90 Å². The van der Waals surface area contributed by atoms with Gasteiger partial charge in [-0.05, 0) is 30.2 Å². The van der Waals surface area contributed by atoms with Crippen molar-refractivity contribution in [2.45, 2.75) is 6.42 Å². The Kier molecular flexibility index (Phi) is 3.70. The Labute approximate surface area is 110 Å². The number of aromatic carboxylic acids is 1. The molecule has 2 aromatic rings. The molecule has 1 heterocycles. The number of carbonyl (C=O) groups is 1. The van der Waals surface area contributed by atoms with Crippen LogP contribution in [-0.2, 0) is 13.5 Å². The molecule has 0 aliphatic heterocycles. The standard InChI is InChI=1S/C13H16N4O2/c1-17-8-9(7-16-17)4-5-15-10-2-3-11(13(18)19)12(14)6-10/h2-3,6-8,15H,4-5,14H2,1H3,(H,18,19). The maximum Gasteiger partial charge on any atom is 0.337 e. The topological polar surface area (TPSA) is 93.2 Å². The predicted octanol–water partition coefficient (Wildman–Crippen LogP) is 1.36. The first-order chi connectivity index (χ1) is 9.06. The second-order valence-electron chi connectivity index (χ2n) is 4.31. The van der Waals surface area contributed by atoms with Gasteiger partial charge in [-0.15, -0.1) is 0 Å². The number of hydrogen-bond donors (Lipinski definition) is 3. The summed E-state index contributed by atoms with van der Waals surface area (Å²) >= 11 is 0. The lowest BCUT2D eigenvalue weighted by atomic mass is 10.1. The summed E-state index contributed by atoms with van der Waals surface area (Å²) in [7, 11) is 1.88. The van der Waals surface area contributed by atoms with Gasteiger partial charge in [-0.2, -0.15) is 5.10 Å². The molecule has 0 amide bonds. The SMILES string of the molecule is Cn1cc(CCNc2ccc(C(=O)O)c(N)c2)cn1. The van der Waals surface area contributed by atoms with Crippen LogP contribution in [0.25, 0.3) is 0 Å². The number of aromatic nitrogens is 2. The molecule has 0 saturated carbocycles. The first-order valence-corrected chi connectivity index (χ1v) is 5.90. The van der Waals surface area contributed by atoms with Crippen molar-refractivity contribution in [3.8, 4) is 0 Å². The van der Waals surface area contributed by atoms with Crippen molar-refractivity contribution in [3.63, 3.8) is 0 Å². The average Bonchev–Trinajstić information content (AvgIpc) is 2.75. The fourth-order valence-electron chi connectivity index (χ4n) is 1.82. The van der Waals surface area contributed by atoms with Crippen molar-refractivity contribution in [2.24, 2.45) is 7.05 Å². The Morgan fingerprint density at radius 3 is 2.89 bits per heavy atom. The zero-order chi connectivity index (χ0) is 13.8. The van der Waals surface area contributed by atoms with E-state index in [0.717, 1.165) is 24.2 Å². The minimum absolute atomic E-state index is 0.123. The highest BCUT2D eigenvalue weighted by Crippen LogP contribution is 2.18. The Balaban J connectivity index is 1.93. The second kappa shape index (κ2) is 5.43. The van der Waals surface area contributed by atoms with Crippen LogP contribution in [0.3, 0.4) is 0 Å². The summed E-state index contributed by atoms with van der Waals surface area (Å²) in [5.41, 5.74) is 8.02. The molecule has 100 valence electrons. The van der Waals surface area contributed by atoms with E-state index in [1.807, 2.05) is 19.4 Å². The monoisotopic (exact) mass is 260 g/mol. The number of nitrogens with zero attached hydrogens (tertiary/aromatic N) is 2. The molecule has 0 aliphatic rings. The van der Waals surface area contributed by atoms with Crippen molar-refractivity contribution in [2.75, 3.05) is 17.6 Å².